The molecule has 11 heteroatoms. The Balaban J connectivity index is 1.56. The first-order valence-electron chi connectivity index (χ1n) is 11.5. The number of rotatable bonds is 4. The SMILES string of the molecule is CCOC(=O)N1CCN(C(=O)Cn2c(=O)n(-c3ccc(F)cc3)c(=O)c3oc4ccccc4c32)CC1. The number of amides is 2. The summed E-state index contributed by atoms with van der Waals surface area (Å²) in [6.07, 6.45) is -0.432. The summed E-state index contributed by atoms with van der Waals surface area (Å²) in [5.41, 5.74) is -0.769. The number of para-hydroxylation sites is 1. The standard InChI is InChI=1S/C25H23FN4O6/c1-2-35-25(34)28-13-11-27(12-14-28)20(31)15-29-21-18-5-3-4-6-19(18)36-22(21)23(32)30(24(29)33)17-9-7-16(26)8-10-17/h3-10H,2,11-15H2,1H3. The second kappa shape index (κ2) is 9.33. The van der Waals surface area contributed by atoms with Crippen LogP contribution in [0.15, 0.2) is 62.5 Å². The van der Waals surface area contributed by atoms with Gasteiger partial charge in [-0.1, -0.05) is 12.1 Å². The Kier molecular flexibility index (Phi) is 6.05. The molecule has 1 saturated heterocycles. The van der Waals surface area contributed by atoms with Crippen molar-refractivity contribution in [3.05, 3.63) is 75.2 Å². The molecule has 2 aromatic heterocycles. The van der Waals surface area contributed by atoms with Crippen LogP contribution in [0.4, 0.5) is 9.18 Å². The third kappa shape index (κ3) is 4.02. The van der Waals surface area contributed by atoms with Crippen molar-refractivity contribution in [2.45, 2.75) is 13.5 Å². The molecule has 0 spiro atoms. The van der Waals surface area contributed by atoms with Gasteiger partial charge in [-0.25, -0.2) is 18.5 Å². The van der Waals surface area contributed by atoms with E-state index in [1.54, 1.807) is 36.1 Å². The van der Waals surface area contributed by atoms with Gasteiger partial charge >= 0.3 is 17.3 Å². The molecule has 2 aromatic carbocycles. The van der Waals surface area contributed by atoms with E-state index in [0.717, 1.165) is 16.7 Å². The molecule has 0 saturated carbocycles. The van der Waals surface area contributed by atoms with Crippen molar-refractivity contribution in [3.63, 3.8) is 0 Å². The molecule has 10 nitrogen and oxygen atoms in total. The molecule has 0 unspecified atom stereocenters. The first-order valence-corrected chi connectivity index (χ1v) is 11.5. The fraction of sp³-hybridized carbons (Fsp3) is 0.280. The summed E-state index contributed by atoms with van der Waals surface area (Å²) in [7, 11) is 0. The predicted octanol–water partition coefficient (Wildman–Crippen LogP) is 2.34. The van der Waals surface area contributed by atoms with Gasteiger partial charge in [-0.15, -0.1) is 0 Å². The van der Waals surface area contributed by atoms with Crippen molar-refractivity contribution in [2.24, 2.45) is 0 Å². The molecule has 2 amide bonds. The van der Waals surface area contributed by atoms with Gasteiger partial charge in [-0.2, -0.15) is 0 Å². The first-order chi connectivity index (χ1) is 17.4. The third-order valence-electron chi connectivity index (χ3n) is 6.20. The predicted molar refractivity (Wildman–Crippen MR) is 129 cm³/mol. The largest absolute Gasteiger partial charge is 0.450 e. The summed E-state index contributed by atoms with van der Waals surface area (Å²) in [6, 6.07) is 11.8. The highest BCUT2D eigenvalue weighted by atomic mass is 19.1. The molecule has 1 fully saturated rings. The highest BCUT2D eigenvalue weighted by Crippen LogP contribution is 2.26. The lowest BCUT2D eigenvalue weighted by atomic mass is 10.2. The van der Waals surface area contributed by atoms with E-state index in [4.69, 9.17) is 9.15 Å². The Hall–Kier alpha value is -4.41. The van der Waals surface area contributed by atoms with Crippen LogP contribution in [0.2, 0.25) is 0 Å². The van der Waals surface area contributed by atoms with Crippen LogP contribution in [-0.2, 0) is 16.1 Å². The van der Waals surface area contributed by atoms with Crippen molar-refractivity contribution < 1.29 is 23.1 Å². The van der Waals surface area contributed by atoms with Crippen molar-refractivity contribution in [2.75, 3.05) is 32.8 Å². The van der Waals surface area contributed by atoms with Gasteiger partial charge in [0.05, 0.1) is 12.3 Å². The maximum Gasteiger partial charge on any atom is 0.409 e. The number of fused-ring (bicyclic) bond motifs is 3. The zero-order valence-corrected chi connectivity index (χ0v) is 19.5. The quantitative estimate of drug-likeness (QED) is 0.431. The van der Waals surface area contributed by atoms with Crippen LogP contribution in [0, 0.1) is 5.82 Å². The Morgan fingerprint density at radius 2 is 1.64 bits per heavy atom. The molecule has 1 aliphatic heterocycles. The lowest BCUT2D eigenvalue weighted by Gasteiger charge is -2.34. The minimum absolute atomic E-state index is 0.0833. The second-order valence-electron chi connectivity index (χ2n) is 8.33. The van der Waals surface area contributed by atoms with E-state index in [1.807, 2.05) is 0 Å². The highest BCUT2D eigenvalue weighted by Gasteiger charge is 2.27. The number of furan rings is 1. The van der Waals surface area contributed by atoms with E-state index < -0.39 is 23.2 Å². The van der Waals surface area contributed by atoms with E-state index in [-0.39, 0.29) is 48.9 Å². The summed E-state index contributed by atoms with van der Waals surface area (Å²) in [5, 5.41) is 0.521. The molecular formula is C25H23FN4O6. The van der Waals surface area contributed by atoms with Crippen LogP contribution < -0.4 is 11.2 Å². The Morgan fingerprint density at radius 3 is 2.33 bits per heavy atom. The van der Waals surface area contributed by atoms with Crippen LogP contribution in [0.5, 0.6) is 0 Å². The normalized spacial score (nSPS) is 13.9. The number of aromatic nitrogens is 2. The topological polar surface area (TPSA) is 107 Å². The Morgan fingerprint density at radius 1 is 0.972 bits per heavy atom. The van der Waals surface area contributed by atoms with Gasteiger partial charge < -0.3 is 19.0 Å². The number of piperazine rings is 1. The lowest BCUT2D eigenvalue weighted by Crippen LogP contribution is -2.52. The zero-order valence-electron chi connectivity index (χ0n) is 19.5. The van der Waals surface area contributed by atoms with E-state index in [2.05, 4.69) is 0 Å². The lowest BCUT2D eigenvalue weighted by molar-refractivity contribution is -0.133. The Bertz CT molecular complexity index is 1580. The molecular weight excluding hydrogens is 471 g/mol. The van der Waals surface area contributed by atoms with E-state index >= 15 is 0 Å². The fourth-order valence-electron chi connectivity index (χ4n) is 4.40. The summed E-state index contributed by atoms with van der Waals surface area (Å²) >= 11 is 0. The molecule has 0 radical (unpaired) electrons. The van der Waals surface area contributed by atoms with Gasteiger partial charge in [-0.3, -0.25) is 14.2 Å². The molecule has 0 atom stereocenters. The van der Waals surface area contributed by atoms with E-state index in [0.29, 0.717) is 24.1 Å². The maximum absolute atomic E-state index is 13.6. The van der Waals surface area contributed by atoms with Gasteiger partial charge in [-0.05, 0) is 43.3 Å². The molecule has 36 heavy (non-hydrogen) atoms. The van der Waals surface area contributed by atoms with Crippen LogP contribution in [0.25, 0.3) is 27.8 Å². The number of hydrogen-bond donors (Lipinski definition) is 0. The monoisotopic (exact) mass is 494 g/mol. The van der Waals surface area contributed by atoms with E-state index in [1.165, 1.54) is 21.6 Å². The van der Waals surface area contributed by atoms with Crippen molar-refractivity contribution in [3.8, 4) is 5.69 Å². The van der Waals surface area contributed by atoms with E-state index in [9.17, 15) is 23.6 Å². The van der Waals surface area contributed by atoms with Crippen LogP contribution in [0.1, 0.15) is 6.92 Å². The molecule has 186 valence electrons. The van der Waals surface area contributed by atoms with Gasteiger partial charge in [0.15, 0.2) is 0 Å². The molecule has 3 heterocycles. The zero-order chi connectivity index (χ0) is 25.4. The number of ether oxygens (including phenoxy) is 1. The molecule has 5 rings (SSSR count). The minimum atomic E-state index is -0.746. The molecule has 4 aromatic rings. The highest BCUT2D eigenvalue weighted by molar-refractivity contribution is 6.02. The molecule has 0 bridgehead atoms. The molecule has 0 aliphatic carbocycles. The number of benzene rings is 2. The van der Waals surface area contributed by atoms with Crippen molar-refractivity contribution in [1.29, 1.82) is 0 Å². The number of halogens is 1. The summed E-state index contributed by atoms with van der Waals surface area (Å²) < 4.78 is 26.4. The summed E-state index contributed by atoms with van der Waals surface area (Å²) in [4.78, 5) is 55.2. The summed E-state index contributed by atoms with van der Waals surface area (Å²) in [6.45, 7) is 2.80. The smallest absolute Gasteiger partial charge is 0.409 e. The third-order valence-corrected chi connectivity index (χ3v) is 6.20. The number of nitrogens with zero attached hydrogens (tertiary/aromatic N) is 4. The van der Waals surface area contributed by atoms with Crippen LogP contribution in [-0.4, -0.2) is 63.7 Å². The van der Waals surface area contributed by atoms with Gasteiger partial charge in [0.25, 0.3) is 0 Å². The fourth-order valence-corrected chi connectivity index (χ4v) is 4.40. The van der Waals surface area contributed by atoms with Crippen molar-refractivity contribution in [1.82, 2.24) is 18.9 Å². The maximum atomic E-state index is 13.6. The van der Waals surface area contributed by atoms with Gasteiger partial charge in [0.2, 0.25) is 11.5 Å². The Labute approximate surface area is 203 Å². The van der Waals surface area contributed by atoms with Crippen LogP contribution >= 0.6 is 0 Å². The van der Waals surface area contributed by atoms with Crippen molar-refractivity contribution >= 4 is 34.1 Å². The number of carbonyl (C=O) groups excluding carboxylic acids is 2. The number of hydrogen-bond acceptors (Lipinski definition) is 6. The first kappa shape index (κ1) is 23.3. The average molecular weight is 494 g/mol. The van der Waals surface area contributed by atoms with Gasteiger partial charge in [0, 0.05) is 31.6 Å². The average Bonchev–Trinajstić information content (AvgIpc) is 3.28. The van der Waals surface area contributed by atoms with Gasteiger partial charge in [0.1, 0.15) is 23.5 Å². The molecule has 1 aliphatic rings. The van der Waals surface area contributed by atoms with Crippen LogP contribution in [0.3, 0.4) is 0 Å². The number of carbonyl (C=O) groups is 2. The second-order valence-corrected chi connectivity index (χ2v) is 8.33. The minimum Gasteiger partial charge on any atom is -0.450 e. The molecule has 0 N–H and O–H groups in total. The summed E-state index contributed by atoms with van der Waals surface area (Å²) in [5.74, 6) is -0.870.